The number of hydrogen-bond donors (Lipinski definition) is 1. The van der Waals surface area contributed by atoms with Gasteiger partial charge in [-0.3, -0.25) is 4.90 Å². The van der Waals surface area contributed by atoms with Crippen LogP contribution in [-0.2, 0) is 0 Å². The molecule has 0 unspecified atom stereocenters. The zero-order valence-corrected chi connectivity index (χ0v) is 11.2. The molecule has 3 nitrogen and oxygen atoms in total. The average Bonchev–Trinajstić information content (AvgIpc) is 3.12. The van der Waals surface area contributed by atoms with Crippen LogP contribution in [0.2, 0.25) is 0 Å². The van der Waals surface area contributed by atoms with E-state index < -0.39 is 0 Å². The number of nitrogen functional groups attached to an aromatic ring is 1. The van der Waals surface area contributed by atoms with E-state index >= 15 is 0 Å². The van der Waals surface area contributed by atoms with Gasteiger partial charge in [-0.25, -0.2) is 0 Å². The molecule has 1 aromatic rings. The maximum atomic E-state index is 5.93. The van der Waals surface area contributed by atoms with Crippen LogP contribution in [-0.4, -0.2) is 37.6 Å². The predicted molar refractivity (Wildman–Crippen MR) is 77.0 cm³/mol. The van der Waals surface area contributed by atoms with E-state index in [1.54, 1.807) is 0 Å². The minimum atomic E-state index is 0.880. The standard InChI is InChI=1S/C15H23N3/c1-12-8-14(16)10-15(9-12)18-6-4-17(5-7-18)11-13-2-3-13/h8-10,13H,2-7,11,16H2,1H3. The fourth-order valence-corrected chi connectivity index (χ4v) is 2.83. The monoisotopic (exact) mass is 245 g/mol. The Bertz CT molecular complexity index is 397. The van der Waals surface area contributed by atoms with Crippen LogP contribution in [0, 0.1) is 12.8 Å². The summed E-state index contributed by atoms with van der Waals surface area (Å²) in [5.74, 6) is 1.01. The number of benzene rings is 1. The average molecular weight is 245 g/mol. The second-order valence-corrected chi connectivity index (χ2v) is 5.83. The van der Waals surface area contributed by atoms with E-state index in [1.807, 2.05) is 6.07 Å². The van der Waals surface area contributed by atoms with Gasteiger partial charge in [-0.1, -0.05) is 0 Å². The highest BCUT2D eigenvalue weighted by molar-refractivity contribution is 5.58. The third kappa shape index (κ3) is 2.78. The van der Waals surface area contributed by atoms with Crippen LogP contribution in [0.3, 0.4) is 0 Å². The number of nitrogens with zero attached hydrogens (tertiary/aromatic N) is 2. The van der Waals surface area contributed by atoms with Gasteiger partial charge in [-0.2, -0.15) is 0 Å². The summed E-state index contributed by atoms with van der Waals surface area (Å²) in [5, 5.41) is 0. The Balaban J connectivity index is 1.60. The van der Waals surface area contributed by atoms with Crippen molar-refractivity contribution < 1.29 is 0 Å². The molecule has 1 heterocycles. The van der Waals surface area contributed by atoms with Gasteiger partial charge in [0.2, 0.25) is 0 Å². The fraction of sp³-hybridized carbons (Fsp3) is 0.600. The summed E-state index contributed by atoms with van der Waals surface area (Å²) in [6, 6.07) is 6.38. The van der Waals surface area contributed by atoms with E-state index in [4.69, 9.17) is 5.73 Å². The molecule has 0 spiro atoms. The van der Waals surface area contributed by atoms with E-state index in [1.165, 1.54) is 43.7 Å². The first-order valence-corrected chi connectivity index (χ1v) is 7.05. The van der Waals surface area contributed by atoms with Gasteiger partial charge in [0.1, 0.15) is 0 Å². The molecular formula is C15H23N3. The molecule has 2 fully saturated rings. The van der Waals surface area contributed by atoms with E-state index in [2.05, 4.69) is 28.9 Å². The molecule has 2 aliphatic rings. The van der Waals surface area contributed by atoms with Gasteiger partial charge in [0.15, 0.2) is 0 Å². The Labute approximate surface area is 110 Å². The largest absolute Gasteiger partial charge is 0.399 e. The van der Waals surface area contributed by atoms with Crippen LogP contribution in [0.15, 0.2) is 18.2 Å². The number of piperazine rings is 1. The van der Waals surface area contributed by atoms with Gasteiger partial charge in [0.05, 0.1) is 0 Å². The van der Waals surface area contributed by atoms with Gasteiger partial charge in [0, 0.05) is 44.1 Å². The molecule has 3 heteroatoms. The minimum Gasteiger partial charge on any atom is -0.399 e. The first-order valence-electron chi connectivity index (χ1n) is 7.05. The van der Waals surface area contributed by atoms with Crippen LogP contribution in [0.4, 0.5) is 11.4 Å². The third-order valence-corrected chi connectivity index (χ3v) is 4.04. The van der Waals surface area contributed by atoms with Crippen molar-refractivity contribution in [1.82, 2.24) is 4.90 Å². The quantitative estimate of drug-likeness (QED) is 0.828. The summed E-state index contributed by atoms with van der Waals surface area (Å²) in [7, 11) is 0. The Morgan fingerprint density at radius 2 is 1.83 bits per heavy atom. The molecule has 1 saturated heterocycles. The lowest BCUT2D eigenvalue weighted by atomic mass is 10.1. The van der Waals surface area contributed by atoms with Crippen molar-refractivity contribution in [2.24, 2.45) is 5.92 Å². The Morgan fingerprint density at radius 1 is 1.11 bits per heavy atom. The van der Waals surface area contributed by atoms with Gasteiger partial charge in [0.25, 0.3) is 0 Å². The van der Waals surface area contributed by atoms with Crippen molar-refractivity contribution in [1.29, 1.82) is 0 Å². The van der Waals surface area contributed by atoms with Crippen molar-refractivity contribution in [3.8, 4) is 0 Å². The van der Waals surface area contributed by atoms with E-state index in [0.717, 1.165) is 24.7 Å². The summed E-state index contributed by atoms with van der Waals surface area (Å²) >= 11 is 0. The van der Waals surface area contributed by atoms with Crippen LogP contribution < -0.4 is 10.6 Å². The topological polar surface area (TPSA) is 32.5 Å². The number of hydrogen-bond acceptors (Lipinski definition) is 3. The minimum absolute atomic E-state index is 0.880. The molecule has 98 valence electrons. The van der Waals surface area contributed by atoms with Gasteiger partial charge in [-0.15, -0.1) is 0 Å². The third-order valence-electron chi connectivity index (χ3n) is 4.04. The first kappa shape index (κ1) is 11.8. The highest BCUT2D eigenvalue weighted by Gasteiger charge is 2.26. The summed E-state index contributed by atoms with van der Waals surface area (Å²) in [6.07, 6.45) is 2.91. The van der Waals surface area contributed by atoms with E-state index in [0.29, 0.717) is 0 Å². The lowest BCUT2D eigenvalue weighted by Crippen LogP contribution is -2.47. The van der Waals surface area contributed by atoms with Gasteiger partial charge < -0.3 is 10.6 Å². The summed E-state index contributed by atoms with van der Waals surface area (Å²) in [6.45, 7) is 8.10. The van der Waals surface area contributed by atoms with Gasteiger partial charge >= 0.3 is 0 Å². The molecule has 1 aliphatic carbocycles. The summed E-state index contributed by atoms with van der Waals surface area (Å²) in [5.41, 5.74) is 9.36. The lowest BCUT2D eigenvalue weighted by Gasteiger charge is -2.36. The molecule has 0 atom stereocenters. The molecule has 0 amide bonds. The molecular weight excluding hydrogens is 222 g/mol. The predicted octanol–water partition coefficient (Wildman–Crippen LogP) is 2.11. The van der Waals surface area contributed by atoms with Gasteiger partial charge in [-0.05, 0) is 49.4 Å². The molecule has 3 rings (SSSR count). The first-order chi connectivity index (χ1) is 8.70. The summed E-state index contributed by atoms with van der Waals surface area (Å²) < 4.78 is 0. The molecule has 1 saturated carbocycles. The molecule has 0 radical (unpaired) electrons. The highest BCUT2D eigenvalue weighted by atomic mass is 15.3. The normalized spacial score (nSPS) is 21.3. The number of nitrogens with two attached hydrogens (primary N) is 1. The maximum absolute atomic E-state index is 5.93. The zero-order chi connectivity index (χ0) is 12.5. The van der Waals surface area contributed by atoms with Crippen LogP contribution in [0.5, 0.6) is 0 Å². The van der Waals surface area contributed by atoms with Crippen LogP contribution in [0.1, 0.15) is 18.4 Å². The maximum Gasteiger partial charge on any atom is 0.0390 e. The molecule has 0 aromatic heterocycles. The van der Waals surface area contributed by atoms with E-state index in [9.17, 15) is 0 Å². The van der Waals surface area contributed by atoms with Crippen molar-refractivity contribution in [2.75, 3.05) is 43.4 Å². The number of rotatable bonds is 3. The van der Waals surface area contributed by atoms with Crippen LogP contribution >= 0.6 is 0 Å². The van der Waals surface area contributed by atoms with Crippen molar-refractivity contribution >= 4 is 11.4 Å². The zero-order valence-electron chi connectivity index (χ0n) is 11.2. The molecule has 2 N–H and O–H groups in total. The number of aryl methyl sites for hydroxylation is 1. The molecule has 1 aromatic carbocycles. The Morgan fingerprint density at radius 3 is 2.44 bits per heavy atom. The second kappa shape index (κ2) is 4.81. The van der Waals surface area contributed by atoms with Crippen molar-refractivity contribution in [3.05, 3.63) is 23.8 Å². The second-order valence-electron chi connectivity index (χ2n) is 5.83. The molecule has 1 aliphatic heterocycles. The highest BCUT2D eigenvalue weighted by Crippen LogP contribution is 2.30. The fourth-order valence-electron chi connectivity index (χ4n) is 2.83. The van der Waals surface area contributed by atoms with E-state index in [-0.39, 0.29) is 0 Å². The summed E-state index contributed by atoms with van der Waals surface area (Å²) in [4.78, 5) is 5.08. The molecule has 0 bridgehead atoms. The Hall–Kier alpha value is -1.22. The smallest absolute Gasteiger partial charge is 0.0390 e. The van der Waals surface area contributed by atoms with Crippen molar-refractivity contribution in [3.63, 3.8) is 0 Å². The molecule has 18 heavy (non-hydrogen) atoms. The lowest BCUT2D eigenvalue weighted by molar-refractivity contribution is 0.248. The Kier molecular flexibility index (Phi) is 3.16. The van der Waals surface area contributed by atoms with Crippen LogP contribution in [0.25, 0.3) is 0 Å². The SMILES string of the molecule is Cc1cc(N)cc(N2CCN(CC3CC3)CC2)c1. The van der Waals surface area contributed by atoms with Crippen molar-refractivity contribution in [2.45, 2.75) is 19.8 Å². The number of anilines is 2.